The monoisotopic (exact) mass is 348 g/mol. The fourth-order valence-corrected chi connectivity index (χ4v) is 3.35. The van der Waals surface area contributed by atoms with Crippen LogP contribution in [-0.4, -0.2) is 25.7 Å². The molecule has 0 aliphatic rings. The fraction of sp³-hybridized carbons (Fsp3) is 0.235. The highest BCUT2D eigenvalue weighted by atomic mass is 32.2. The zero-order chi connectivity index (χ0) is 17.7. The Morgan fingerprint density at radius 2 is 1.71 bits per heavy atom. The molecule has 0 aliphatic heterocycles. The van der Waals surface area contributed by atoms with Crippen molar-refractivity contribution < 1.29 is 17.9 Å². The molecule has 2 aromatic rings. The molecule has 0 saturated carbocycles. The highest BCUT2D eigenvalue weighted by Gasteiger charge is 2.30. The molecule has 0 fully saturated rings. The molecule has 7 heteroatoms. The minimum atomic E-state index is -4.19. The molecule has 1 unspecified atom stereocenters. The van der Waals surface area contributed by atoms with E-state index in [2.05, 4.69) is 0 Å². The molecule has 2 N–H and O–H groups in total. The maximum Gasteiger partial charge on any atom is 0.301 e. The summed E-state index contributed by atoms with van der Waals surface area (Å²) < 4.78 is 29.7. The number of amides is 1. The minimum Gasteiger partial charge on any atom is -0.497 e. The molecule has 128 valence electrons. The second-order valence-electron chi connectivity index (χ2n) is 5.35. The molecule has 24 heavy (non-hydrogen) atoms. The van der Waals surface area contributed by atoms with Crippen LogP contribution in [-0.2, 0) is 21.4 Å². The van der Waals surface area contributed by atoms with Gasteiger partial charge < -0.3 is 4.74 Å². The summed E-state index contributed by atoms with van der Waals surface area (Å²) in [5.41, 5.74) is 1.37. The standard InChI is InChI=1S/C17H20N2O4S/c1-13(15-6-4-3-5-7-15)19(24(18,21)22)17(20)12-14-8-10-16(23-2)11-9-14/h3-11,13H,12H2,1-2H3,(H2,18,21,22). The highest BCUT2D eigenvalue weighted by molar-refractivity contribution is 7.87. The first-order valence-electron chi connectivity index (χ1n) is 7.36. The summed E-state index contributed by atoms with van der Waals surface area (Å²) in [6.45, 7) is 1.63. The Morgan fingerprint density at radius 3 is 2.21 bits per heavy atom. The van der Waals surface area contributed by atoms with E-state index in [9.17, 15) is 13.2 Å². The molecule has 6 nitrogen and oxygen atoms in total. The third-order valence-corrected chi connectivity index (χ3v) is 4.74. The van der Waals surface area contributed by atoms with Crippen LogP contribution in [0.3, 0.4) is 0 Å². The largest absolute Gasteiger partial charge is 0.497 e. The number of methoxy groups -OCH3 is 1. The number of carbonyl (C=O) groups is 1. The molecular formula is C17H20N2O4S. The van der Waals surface area contributed by atoms with Crippen molar-refractivity contribution in [1.29, 1.82) is 0 Å². The summed E-state index contributed by atoms with van der Waals surface area (Å²) in [4.78, 5) is 12.6. The van der Waals surface area contributed by atoms with Crippen molar-refractivity contribution in [2.45, 2.75) is 19.4 Å². The molecule has 2 aromatic carbocycles. The number of ether oxygens (including phenoxy) is 1. The van der Waals surface area contributed by atoms with Crippen LogP contribution in [0.25, 0.3) is 0 Å². The Hall–Kier alpha value is -2.38. The predicted octanol–water partition coefficient (Wildman–Crippen LogP) is 2.03. The molecule has 0 radical (unpaired) electrons. The lowest BCUT2D eigenvalue weighted by atomic mass is 10.1. The lowest BCUT2D eigenvalue weighted by Gasteiger charge is -2.27. The van der Waals surface area contributed by atoms with E-state index in [0.29, 0.717) is 16.9 Å². The molecule has 0 heterocycles. The van der Waals surface area contributed by atoms with Crippen molar-refractivity contribution in [1.82, 2.24) is 4.31 Å². The van der Waals surface area contributed by atoms with Crippen LogP contribution in [0.5, 0.6) is 5.75 Å². The Morgan fingerprint density at radius 1 is 1.12 bits per heavy atom. The van der Waals surface area contributed by atoms with Gasteiger partial charge >= 0.3 is 10.2 Å². The third kappa shape index (κ3) is 4.33. The van der Waals surface area contributed by atoms with E-state index in [0.717, 1.165) is 4.31 Å². The molecule has 1 amide bonds. The van der Waals surface area contributed by atoms with Crippen LogP contribution in [0.2, 0.25) is 0 Å². The van der Waals surface area contributed by atoms with Gasteiger partial charge in [-0.2, -0.15) is 8.42 Å². The third-order valence-electron chi connectivity index (χ3n) is 3.67. The van der Waals surface area contributed by atoms with Crippen LogP contribution in [0.15, 0.2) is 54.6 Å². The van der Waals surface area contributed by atoms with Crippen molar-refractivity contribution in [3.05, 3.63) is 65.7 Å². The SMILES string of the molecule is COc1ccc(CC(=O)N(C(C)c2ccccc2)S(N)(=O)=O)cc1. The number of hydrogen-bond acceptors (Lipinski definition) is 4. The number of benzene rings is 2. The molecule has 2 rings (SSSR count). The average molecular weight is 348 g/mol. The van der Waals surface area contributed by atoms with E-state index in [4.69, 9.17) is 9.88 Å². The number of rotatable bonds is 6. The Kier molecular flexibility index (Phi) is 5.58. The molecule has 0 spiro atoms. The predicted molar refractivity (Wildman–Crippen MR) is 91.5 cm³/mol. The van der Waals surface area contributed by atoms with Gasteiger partial charge in [-0.3, -0.25) is 4.79 Å². The fourth-order valence-electron chi connectivity index (χ4n) is 2.44. The van der Waals surface area contributed by atoms with Crippen molar-refractivity contribution in [3.8, 4) is 5.75 Å². The summed E-state index contributed by atoms with van der Waals surface area (Å²) in [6.07, 6.45) is -0.0718. The van der Waals surface area contributed by atoms with Gasteiger partial charge in [-0.15, -0.1) is 0 Å². The molecule has 0 saturated heterocycles. The first-order chi connectivity index (χ1) is 11.3. The zero-order valence-electron chi connectivity index (χ0n) is 13.5. The maximum atomic E-state index is 12.6. The zero-order valence-corrected chi connectivity index (χ0v) is 14.4. The van der Waals surface area contributed by atoms with Gasteiger partial charge in [0.15, 0.2) is 0 Å². The quantitative estimate of drug-likeness (QED) is 0.865. The Bertz CT molecular complexity index is 789. The number of nitrogens with zero attached hydrogens (tertiary/aromatic N) is 1. The van der Waals surface area contributed by atoms with Crippen molar-refractivity contribution in [3.63, 3.8) is 0 Å². The topological polar surface area (TPSA) is 89.7 Å². The van der Waals surface area contributed by atoms with Gasteiger partial charge in [-0.1, -0.05) is 42.5 Å². The van der Waals surface area contributed by atoms with Crippen molar-refractivity contribution in [2.75, 3.05) is 7.11 Å². The van der Waals surface area contributed by atoms with E-state index in [1.807, 2.05) is 6.07 Å². The summed E-state index contributed by atoms with van der Waals surface area (Å²) in [5.74, 6) is 0.0752. The van der Waals surface area contributed by atoms with Crippen LogP contribution in [0.1, 0.15) is 24.1 Å². The van der Waals surface area contributed by atoms with Gasteiger partial charge in [-0.05, 0) is 30.2 Å². The van der Waals surface area contributed by atoms with E-state index in [1.165, 1.54) is 0 Å². The van der Waals surface area contributed by atoms with Gasteiger partial charge in [0, 0.05) is 0 Å². The highest BCUT2D eigenvalue weighted by Crippen LogP contribution is 2.23. The lowest BCUT2D eigenvalue weighted by molar-refractivity contribution is -0.127. The number of carbonyl (C=O) groups excluding carboxylic acids is 1. The van der Waals surface area contributed by atoms with Crippen LogP contribution >= 0.6 is 0 Å². The normalized spacial score (nSPS) is 12.5. The van der Waals surface area contributed by atoms with Crippen molar-refractivity contribution in [2.24, 2.45) is 5.14 Å². The first kappa shape index (κ1) is 18.0. The summed E-state index contributed by atoms with van der Waals surface area (Å²) >= 11 is 0. The number of nitrogens with two attached hydrogens (primary N) is 1. The van der Waals surface area contributed by atoms with Crippen LogP contribution < -0.4 is 9.88 Å². The van der Waals surface area contributed by atoms with Gasteiger partial charge in [0.05, 0.1) is 19.6 Å². The minimum absolute atomic E-state index is 0.0718. The van der Waals surface area contributed by atoms with Crippen LogP contribution in [0.4, 0.5) is 0 Å². The smallest absolute Gasteiger partial charge is 0.301 e. The molecular weight excluding hydrogens is 328 g/mol. The Labute approximate surface area is 142 Å². The van der Waals surface area contributed by atoms with E-state index >= 15 is 0 Å². The van der Waals surface area contributed by atoms with E-state index in [1.54, 1.807) is 62.6 Å². The summed E-state index contributed by atoms with van der Waals surface area (Å²) in [6, 6.07) is 15.0. The van der Waals surface area contributed by atoms with E-state index in [-0.39, 0.29) is 6.42 Å². The van der Waals surface area contributed by atoms with Gasteiger partial charge in [0.2, 0.25) is 5.91 Å². The van der Waals surface area contributed by atoms with Gasteiger partial charge in [0.25, 0.3) is 0 Å². The molecule has 0 aromatic heterocycles. The molecule has 0 bridgehead atoms. The summed E-state index contributed by atoms with van der Waals surface area (Å²) in [7, 11) is -2.64. The Balaban J connectivity index is 2.25. The van der Waals surface area contributed by atoms with Crippen LogP contribution in [0, 0.1) is 0 Å². The van der Waals surface area contributed by atoms with E-state index < -0.39 is 22.2 Å². The van der Waals surface area contributed by atoms with Gasteiger partial charge in [-0.25, -0.2) is 9.44 Å². The number of hydrogen-bond donors (Lipinski definition) is 1. The summed E-state index contributed by atoms with van der Waals surface area (Å²) in [5, 5.41) is 5.28. The second kappa shape index (κ2) is 7.46. The second-order valence-corrected chi connectivity index (χ2v) is 6.77. The average Bonchev–Trinajstić information content (AvgIpc) is 2.55. The molecule has 0 aliphatic carbocycles. The van der Waals surface area contributed by atoms with Gasteiger partial charge in [0.1, 0.15) is 5.75 Å². The lowest BCUT2D eigenvalue weighted by Crippen LogP contribution is -2.43. The maximum absolute atomic E-state index is 12.6. The first-order valence-corrected chi connectivity index (χ1v) is 8.86. The molecule has 1 atom stereocenters. The van der Waals surface area contributed by atoms with Crippen molar-refractivity contribution >= 4 is 16.1 Å².